The minimum absolute atomic E-state index is 0.248. The van der Waals surface area contributed by atoms with E-state index in [9.17, 15) is 5.11 Å². The molecule has 0 saturated heterocycles. The van der Waals surface area contributed by atoms with Gasteiger partial charge in [-0.05, 0) is 35.7 Å². The minimum atomic E-state index is 0.248. The van der Waals surface area contributed by atoms with Crippen LogP contribution in [-0.2, 0) is 0 Å². The highest BCUT2D eigenvalue weighted by Gasteiger charge is 2.05. The van der Waals surface area contributed by atoms with Gasteiger partial charge in [0, 0.05) is 33.6 Å². The highest BCUT2D eigenvalue weighted by molar-refractivity contribution is 6.36. The number of phenols is 1. The summed E-state index contributed by atoms with van der Waals surface area (Å²) in [4.78, 5) is 4.07. The van der Waals surface area contributed by atoms with Crippen LogP contribution in [0.4, 0.5) is 0 Å². The van der Waals surface area contributed by atoms with Gasteiger partial charge in [-0.25, -0.2) is 0 Å². The Morgan fingerprint density at radius 2 is 1.81 bits per heavy atom. The molecule has 0 amide bonds. The fraction of sp³-hybridized carbons (Fsp3) is 0. The van der Waals surface area contributed by atoms with Gasteiger partial charge in [-0.3, -0.25) is 4.98 Å². The Morgan fingerprint density at radius 1 is 1.00 bits per heavy atom. The summed E-state index contributed by atoms with van der Waals surface area (Å²) in [7, 11) is 0. The molecule has 1 N–H and O–H groups in total. The SMILES string of the molecule is Oc1ccc(Cl)c2cc3cnccc3cc12. The molecule has 2 nitrogen and oxygen atoms in total. The number of phenolic OH excluding ortho intramolecular Hbond substituents is 1. The first-order valence-electron chi connectivity index (χ1n) is 4.91. The van der Waals surface area contributed by atoms with E-state index in [-0.39, 0.29) is 5.75 Å². The number of pyridine rings is 1. The summed E-state index contributed by atoms with van der Waals surface area (Å²) in [5.74, 6) is 0.248. The van der Waals surface area contributed by atoms with Gasteiger partial charge in [0.1, 0.15) is 5.75 Å². The quantitative estimate of drug-likeness (QED) is 0.596. The van der Waals surface area contributed by atoms with Crippen LogP contribution in [-0.4, -0.2) is 10.1 Å². The molecule has 0 saturated carbocycles. The number of aromatic hydroxyl groups is 1. The molecule has 0 aliphatic carbocycles. The van der Waals surface area contributed by atoms with Crippen LogP contribution in [0.15, 0.2) is 42.7 Å². The number of benzene rings is 2. The number of halogens is 1. The van der Waals surface area contributed by atoms with Crippen LogP contribution in [0.25, 0.3) is 21.5 Å². The zero-order valence-corrected chi connectivity index (χ0v) is 9.07. The molecule has 2 aromatic carbocycles. The molecule has 0 atom stereocenters. The number of hydrogen-bond donors (Lipinski definition) is 1. The Kier molecular flexibility index (Phi) is 1.98. The van der Waals surface area contributed by atoms with Gasteiger partial charge in [0.25, 0.3) is 0 Å². The molecule has 0 aliphatic heterocycles. The third-order valence-electron chi connectivity index (χ3n) is 2.70. The first kappa shape index (κ1) is 9.43. The molecule has 16 heavy (non-hydrogen) atoms. The first-order valence-corrected chi connectivity index (χ1v) is 5.28. The molecule has 0 fully saturated rings. The second kappa shape index (κ2) is 3.35. The Balaban J connectivity index is 2.56. The maximum absolute atomic E-state index is 9.78. The van der Waals surface area contributed by atoms with Crippen LogP contribution in [0.1, 0.15) is 0 Å². The fourth-order valence-corrected chi connectivity index (χ4v) is 2.10. The molecule has 0 spiro atoms. The van der Waals surface area contributed by atoms with Crippen LogP contribution >= 0.6 is 11.6 Å². The van der Waals surface area contributed by atoms with Gasteiger partial charge in [-0.15, -0.1) is 0 Å². The summed E-state index contributed by atoms with van der Waals surface area (Å²) in [6.07, 6.45) is 3.52. The Labute approximate surface area is 97.1 Å². The molecule has 3 rings (SSSR count). The van der Waals surface area contributed by atoms with Crippen molar-refractivity contribution in [1.29, 1.82) is 0 Å². The number of rotatable bonds is 0. The van der Waals surface area contributed by atoms with Crippen molar-refractivity contribution in [3.63, 3.8) is 0 Å². The predicted octanol–water partition coefficient (Wildman–Crippen LogP) is 3.75. The van der Waals surface area contributed by atoms with Crippen LogP contribution < -0.4 is 0 Å². The smallest absolute Gasteiger partial charge is 0.123 e. The molecule has 3 heteroatoms. The van der Waals surface area contributed by atoms with Crippen LogP contribution in [0.5, 0.6) is 5.75 Å². The standard InChI is InChI=1S/C13H8ClNO/c14-12-1-2-13(16)11-5-8-3-4-15-7-9(8)6-10(11)12/h1-7,16H. The summed E-state index contributed by atoms with van der Waals surface area (Å²) >= 11 is 6.10. The van der Waals surface area contributed by atoms with E-state index in [1.165, 1.54) is 0 Å². The van der Waals surface area contributed by atoms with Crippen molar-refractivity contribution in [2.24, 2.45) is 0 Å². The normalized spacial score (nSPS) is 11.1. The Morgan fingerprint density at radius 3 is 2.69 bits per heavy atom. The maximum atomic E-state index is 9.78. The Hall–Kier alpha value is -1.80. The second-order valence-electron chi connectivity index (χ2n) is 3.69. The lowest BCUT2D eigenvalue weighted by atomic mass is 10.0. The van der Waals surface area contributed by atoms with Gasteiger partial charge in [0.15, 0.2) is 0 Å². The van der Waals surface area contributed by atoms with Crippen molar-refractivity contribution in [1.82, 2.24) is 4.98 Å². The lowest BCUT2D eigenvalue weighted by molar-refractivity contribution is 0.481. The van der Waals surface area contributed by atoms with Crippen molar-refractivity contribution in [2.75, 3.05) is 0 Å². The lowest BCUT2D eigenvalue weighted by Gasteiger charge is -2.05. The van der Waals surface area contributed by atoms with E-state index >= 15 is 0 Å². The van der Waals surface area contributed by atoms with E-state index in [0.29, 0.717) is 5.02 Å². The van der Waals surface area contributed by atoms with Crippen molar-refractivity contribution in [3.05, 3.63) is 47.7 Å². The highest BCUT2D eigenvalue weighted by Crippen LogP contribution is 2.33. The molecular formula is C13H8ClNO. The molecule has 0 aliphatic rings. The molecule has 0 bridgehead atoms. The maximum Gasteiger partial charge on any atom is 0.123 e. The van der Waals surface area contributed by atoms with E-state index in [2.05, 4.69) is 4.98 Å². The van der Waals surface area contributed by atoms with Gasteiger partial charge >= 0.3 is 0 Å². The summed E-state index contributed by atoms with van der Waals surface area (Å²) in [5.41, 5.74) is 0. The van der Waals surface area contributed by atoms with Gasteiger partial charge in [-0.2, -0.15) is 0 Å². The van der Waals surface area contributed by atoms with Crippen molar-refractivity contribution < 1.29 is 5.11 Å². The molecule has 3 aromatic rings. The first-order chi connectivity index (χ1) is 7.75. The van der Waals surface area contributed by atoms with Crippen molar-refractivity contribution in [2.45, 2.75) is 0 Å². The highest BCUT2D eigenvalue weighted by atomic mass is 35.5. The molecular weight excluding hydrogens is 222 g/mol. The molecule has 78 valence electrons. The number of hydrogen-bond acceptors (Lipinski definition) is 2. The average molecular weight is 230 g/mol. The predicted molar refractivity (Wildman–Crippen MR) is 65.9 cm³/mol. The van der Waals surface area contributed by atoms with E-state index in [1.807, 2.05) is 18.2 Å². The van der Waals surface area contributed by atoms with E-state index < -0.39 is 0 Å². The van der Waals surface area contributed by atoms with E-state index in [4.69, 9.17) is 11.6 Å². The largest absolute Gasteiger partial charge is 0.507 e. The number of fused-ring (bicyclic) bond motifs is 2. The topological polar surface area (TPSA) is 33.1 Å². The van der Waals surface area contributed by atoms with Gasteiger partial charge in [0.05, 0.1) is 0 Å². The summed E-state index contributed by atoms with van der Waals surface area (Å²) < 4.78 is 0. The third-order valence-corrected chi connectivity index (χ3v) is 3.03. The molecule has 0 unspecified atom stereocenters. The van der Waals surface area contributed by atoms with Crippen LogP contribution in [0.3, 0.4) is 0 Å². The number of aromatic nitrogens is 1. The second-order valence-corrected chi connectivity index (χ2v) is 4.09. The minimum Gasteiger partial charge on any atom is -0.507 e. The summed E-state index contributed by atoms with van der Waals surface area (Å²) in [6.45, 7) is 0. The van der Waals surface area contributed by atoms with Gasteiger partial charge in [-0.1, -0.05) is 11.6 Å². The average Bonchev–Trinajstić information content (AvgIpc) is 2.32. The monoisotopic (exact) mass is 229 g/mol. The molecule has 1 aromatic heterocycles. The van der Waals surface area contributed by atoms with Crippen molar-refractivity contribution in [3.8, 4) is 5.75 Å². The van der Waals surface area contributed by atoms with Crippen LogP contribution in [0, 0.1) is 0 Å². The summed E-state index contributed by atoms with van der Waals surface area (Å²) in [5, 5.41) is 14.1. The third kappa shape index (κ3) is 1.31. The molecule has 1 heterocycles. The van der Waals surface area contributed by atoms with E-state index in [1.54, 1.807) is 24.5 Å². The molecule has 0 radical (unpaired) electrons. The zero-order chi connectivity index (χ0) is 11.1. The number of nitrogens with zero attached hydrogens (tertiary/aromatic N) is 1. The summed E-state index contributed by atoms with van der Waals surface area (Å²) in [6, 6.07) is 9.08. The van der Waals surface area contributed by atoms with Crippen LogP contribution in [0.2, 0.25) is 5.02 Å². The van der Waals surface area contributed by atoms with Gasteiger partial charge < -0.3 is 5.11 Å². The van der Waals surface area contributed by atoms with Gasteiger partial charge in [0.2, 0.25) is 0 Å². The lowest BCUT2D eigenvalue weighted by Crippen LogP contribution is -1.79. The Bertz CT molecular complexity index is 634. The zero-order valence-electron chi connectivity index (χ0n) is 8.31. The fourth-order valence-electron chi connectivity index (χ4n) is 1.88. The van der Waals surface area contributed by atoms with E-state index in [0.717, 1.165) is 21.5 Å². The van der Waals surface area contributed by atoms with Crippen molar-refractivity contribution >= 4 is 33.1 Å².